The van der Waals surface area contributed by atoms with Crippen LogP contribution in [0.5, 0.6) is 0 Å². The van der Waals surface area contributed by atoms with Crippen LogP contribution < -0.4 is 5.32 Å². The molecule has 0 saturated carbocycles. The van der Waals surface area contributed by atoms with Crippen LogP contribution in [0.15, 0.2) is 54.6 Å². The van der Waals surface area contributed by atoms with E-state index in [0.717, 1.165) is 37.9 Å². The van der Waals surface area contributed by atoms with Crippen molar-refractivity contribution in [1.29, 1.82) is 0 Å². The lowest BCUT2D eigenvalue weighted by atomic mass is 10.1. The van der Waals surface area contributed by atoms with E-state index in [0.29, 0.717) is 38.2 Å². The number of ether oxygens (including phenoxy) is 1. The van der Waals surface area contributed by atoms with Crippen molar-refractivity contribution in [3.63, 3.8) is 0 Å². The van der Waals surface area contributed by atoms with E-state index in [-0.39, 0.29) is 11.8 Å². The summed E-state index contributed by atoms with van der Waals surface area (Å²) in [6, 6.07) is 17.8. The topological polar surface area (TPSA) is 58.6 Å². The maximum Gasteiger partial charge on any atom is 0.253 e. The lowest BCUT2D eigenvalue weighted by molar-refractivity contribution is -0.121. The van der Waals surface area contributed by atoms with Gasteiger partial charge in [0.1, 0.15) is 0 Å². The average Bonchev–Trinajstić information content (AvgIpc) is 2.81. The molecular weight excluding hydrogens is 376 g/mol. The number of piperidine rings is 1. The number of hydrogen-bond donors (Lipinski definition) is 1. The lowest BCUT2D eigenvalue weighted by Gasteiger charge is -2.26. The van der Waals surface area contributed by atoms with Gasteiger partial charge in [-0.1, -0.05) is 42.5 Å². The smallest absolute Gasteiger partial charge is 0.253 e. The Hall–Kier alpha value is -2.66. The Labute approximate surface area is 179 Å². The van der Waals surface area contributed by atoms with E-state index in [1.165, 1.54) is 12.0 Å². The quantitative estimate of drug-likeness (QED) is 0.605. The Balaban J connectivity index is 1.32. The van der Waals surface area contributed by atoms with Gasteiger partial charge < -0.3 is 15.0 Å². The number of nitrogens with one attached hydrogen (secondary N) is 1. The molecule has 2 aromatic rings. The van der Waals surface area contributed by atoms with Gasteiger partial charge in [-0.15, -0.1) is 0 Å². The summed E-state index contributed by atoms with van der Waals surface area (Å²) in [5.74, 6) is 0.102. The van der Waals surface area contributed by atoms with Gasteiger partial charge in [0, 0.05) is 38.2 Å². The number of rotatable bonds is 10. The fraction of sp³-hybridized carbons (Fsp3) is 0.440. The van der Waals surface area contributed by atoms with Crippen molar-refractivity contribution in [1.82, 2.24) is 10.2 Å². The van der Waals surface area contributed by atoms with Gasteiger partial charge in [0.05, 0.1) is 6.61 Å². The molecule has 1 heterocycles. The SMILES string of the molecule is O=C(CCCOCCc1ccccc1)NCc1cccc(C(=O)N2CCCCC2)c1. The molecule has 2 aromatic carbocycles. The summed E-state index contributed by atoms with van der Waals surface area (Å²) < 4.78 is 5.63. The third-order valence-corrected chi connectivity index (χ3v) is 5.38. The molecular formula is C25H32N2O3. The fourth-order valence-electron chi connectivity index (χ4n) is 3.65. The Bertz CT molecular complexity index is 801. The second kappa shape index (κ2) is 12.1. The summed E-state index contributed by atoms with van der Waals surface area (Å²) in [7, 11) is 0. The average molecular weight is 409 g/mol. The summed E-state index contributed by atoms with van der Waals surface area (Å²) in [6.45, 7) is 3.37. The first kappa shape index (κ1) is 22.0. The Morgan fingerprint density at radius 2 is 1.67 bits per heavy atom. The molecule has 1 saturated heterocycles. The molecule has 1 aliphatic rings. The van der Waals surface area contributed by atoms with E-state index < -0.39 is 0 Å². The second-order valence-electron chi connectivity index (χ2n) is 7.78. The number of carbonyl (C=O) groups excluding carboxylic acids is 2. The predicted molar refractivity (Wildman–Crippen MR) is 118 cm³/mol. The summed E-state index contributed by atoms with van der Waals surface area (Å²) in [6.07, 6.45) is 5.40. The molecule has 30 heavy (non-hydrogen) atoms. The first-order chi connectivity index (χ1) is 14.7. The fourth-order valence-corrected chi connectivity index (χ4v) is 3.65. The van der Waals surface area contributed by atoms with E-state index in [1.54, 1.807) is 0 Å². The molecule has 1 N–H and O–H groups in total. The Morgan fingerprint density at radius 1 is 0.900 bits per heavy atom. The standard InChI is InChI=1S/C25H32N2O3/c28-24(13-8-17-30-18-14-21-9-3-1-4-10-21)26-20-22-11-7-12-23(19-22)25(29)27-15-5-2-6-16-27/h1,3-4,7,9-12,19H,2,5-6,8,13-18,20H2,(H,26,28). The van der Waals surface area contributed by atoms with Crippen LogP contribution in [0.4, 0.5) is 0 Å². The van der Waals surface area contributed by atoms with Gasteiger partial charge in [0.15, 0.2) is 0 Å². The van der Waals surface area contributed by atoms with Crippen LogP contribution in [-0.4, -0.2) is 43.0 Å². The van der Waals surface area contributed by atoms with Gasteiger partial charge in [-0.3, -0.25) is 9.59 Å². The lowest BCUT2D eigenvalue weighted by Crippen LogP contribution is -2.35. The molecule has 5 nitrogen and oxygen atoms in total. The summed E-state index contributed by atoms with van der Waals surface area (Å²) in [5.41, 5.74) is 2.91. The number of nitrogens with zero attached hydrogens (tertiary/aromatic N) is 1. The molecule has 1 fully saturated rings. The van der Waals surface area contributed by atoms with Gasteiger partial charge in [0.2, 0.25) is 5.91 Å². The highest BCUT2D eigenvalue weighted by Crippen LogP contribution is 2.14. The summed E-state index contributed by atoms with van der Waals surface area (Å²) in [5, 5.41) is 2.94. The first-order valence-corrected chi connectivity index (χ1v) is 11.0. The van der Waals surface area contributed by atoms with Gasteiger partial charge in [0.25, 0.3) is 5.91 Å². The molecule has 160 valence electrons. The molecule has 0 radical (unpaired) electrons. The van der Waals surface area contributed by atoms with Crippen molar-refractivity contribution in [2.24, 2.45) is 0 Å². The van der Waals surface area contributed by atoms with Crippen LogP contribution in [0.3, 0.4) is 0 Å². The van der Waals surface area contributed by atoms with E-state index >= 15 is 0 Å². The minimum Gasteiger partial charge on any atom is -0.381 e. The number of benzene rings is 2. The van der Waals surface area contributed by atoms with Gasteiger partial charge in [-0.05, 0) is 55.4 Å². The van der Waals surface area contributed by atoms with Crippen molar-refractivity contribution in [3.05, 3.63) is 71.3 Å². The molecule has 1 aliphatic heterocycles. The van der Waals surface area contributed by atoms with Gasteiger partial charge in [-0.25, -0.2) is 0 Å². The van der Waals surface area contributed by atoms with Crippen molar-refractivity contribution >= 4 is 11.8 Å². The van der Waals surface area contributed by atoms with Crippen LogP contribution in [0.2, 0.25) is 0 Å². The minimum atomic E-state index is 0.00872. The first-order valence-electron chi connectivity index (χ1n) is 11.0. The molecule has 0 bridgehead atoms. The highest BCUT2D eigenvalue weighted by molar-refractivity contribution is 5.94. The third kappa shape index (κ3) is 7.30. The van der Waals surface area contributed by atoms with Crippen LogP contribution in [0.1, 0.15) is 53.6 Å². The highest BCUT2D eigenvalue weighted by Gasteiger charge is 2.18. The van der Waals surface area contributed by atoms with E-state index in [1.807, 2.05) is 47.4 Å². The summed E-state index contributed by atoms with van der Waals surface area (Å²) >= 11 is 0. The normalized spacial score (nSPS) is 13.8. The zero-order chi connectivity index (χ0) is 21.0. The van der Waals surface area contributed by atoms with Crippen LogP contribution >= 0.6 is 0 Å². The summed E-state index contributed by atoms with van der Waals surface area (Å²) in [4.78, 5) is 26.7. The van der Waals surface area contributed by atoms with E-state index in [4.69, 9.17) is 4.74 Å². The monoisotopic (exact) mass is 408 g/mol. The zero-order valence-electron chi connectivity index (χ0n) is 17.6. The molecule has 0 atom stereocenters. The Kier molecular flexibility index (Phi) is 8.91. The molecule has 2 amide bonds. The number of hydrogen-bond acceptors (Lipinski definition) is 3. The van der Waals surface area contributed by atoms with Crippen molar-refractivity contribution in [2.75, 3.05) is 26.3 Å². The van der Waals surface area contributed by atoms with Crippen molar-refractivity contribution in [3.8, 4) is 0 Å². The third-order valence-electron chi connectivity index (χ3n) is 5.38. The minimum absolute atomic E-state index is 0.00872. The molecule has 5 heteroatoms. The number of amides is 2. The highest BCUT2D eigenvalue weighted by atomic mass is 16.5. The molecule has 0 aliphatic carbocycles. The van der Waals surface area contributed by atoms with Crippen LogP contribution in [-0.2, 0) is 22.5 Å². The molecule has 0 unspecified atom stereocenters. The largest absolute Gasteiger partial charge is 0.381 e. The molecule has 0 spiro atoms. The van der Waals surface area contributed by atoms with Gasteiger partial charge >= 0.3 is 0 Å². The van der Waals surface area contributed by atoms with Gasteiger partial charge in [-0.2, -0.15) is 0 Å². The zero-order valence-corrected chi connectivity index (χ0v) is 17.6. The predicted octanol–water partition coefficient (Wildman–Crippen LogP) is 3.97. The van der Waals surface area contributed by atoms with E-state index in [2.05, 4.69) is 17.4 Å². The van der Waals surface area contributed by atoms with Crippen molar-refractivity contribution in [2.45, 2.75) is 45.1 Å². The van der Waals surface area contributed by atoms with Crippen LogP contribution in [0.25, 0.3) is 0 Å². The van der Waals surface area contributed by atoms with Crippen molar-refractivity contribution < 1.29 is 14.3 Å². The molecule has 3 rings (SSSR count). The molecule has 0 aromatic heterocycles. The second-order valence-corrected chi connectivity index (χ2v) is 7.78. The Morgan fingerprint density at radius 3 is 2.47 bits per heavy atom. The number of carbonyl (C=O) groups is 2. The van der Waals surface area contributed by atoms with E-state index in [9.17, 15) is 9.59 Å². The maximum absolute atomic E-state index is 12.6. The van der Waals surface area contributed by atoms with Crippen LogP contribution in [0, 0.1) is 0 Å². The maximum atomic E-state index is 12.6. The number of likely N-dealkylation sites (tertiary alicyclic amines) is 1.